The van der Waals surface area contributed by atoms with E-state index < -0.39 is 11.6 Å². The van der Waals surface area contributed by atoms with Crippen molar-refractivity contribution in [2.45, 2.75) is 25.4 Å². The van der Waals surface area contributed by atoms with Crippen LogP contribution in [0.2, 0.25) is 0 Å². The Morgan fingerprint density at radius 1 is 1.62 bits per heavy atom. The van der Waals surface area contributed by atoms with Crippen LogP contribution in [-0.4, -0.2) is 35.5 Å². The van der Waals surface area contributed by atoms with Crippen LogP contribution in [0.1, 0.15) is 19.8 Å². The van der Waals surface area contributed by atoms with Crippen LogP contribution in [0.25, 0.3) is 0 Å². The minimum absolute atomic E-state index is 0.0686. The Balaban J connectivity index is 2.47. The van der Waals surface area contributed by atoms with Crippen LogP contribution in [0.4, 0.5) is 4.39 Å². The van der Waals surface area contributed by atoms with Crippen LogP contribution in [-0.2, 0) is 9.59 Å². The lowest BCUT2D eigenvalue weighted by Gasteiger charge is -2.16. The zero-order valence-corrected chi connectivity index (χ0v) is 7.55. The molecule has 1 rings (SSSR count). The number of nitrogens with zero attached hydrogens (tertiary/aromatic N) is 1. The number of alkyl halides is 1. The number of hydrogen-bond donors (Lipinski definition) is 1. The van der Waals surface area contributed by atoms with Gasteiger partial charge in [-0.15, -0.1) is 0 Å². The van der Waals surface area contributed by atoms with E-state index in [1.807, 2.05) is 0 Å². The van der Waals surface area contributed by atoms with Gasteiger partial charge in [-0.1, -0.05) is 0 Å². The lowest BCUT2D eigenvalue weighted by Crippen LogP contribution is -2.34. The highest BCUT2D eigenvalue weighted by Gasteiger charge is 2.35. The Kier molecular flexibility index (Phi) is 2.54. The van der Waals surface area contributed by atoms with E-state index in [1.165, 1.54) is 11.8 Å². The van der Waals surface area contributed by atoms with E-state index in [0.717, 1.165) is 0 Å². The molecular formula is C8H13FN2O2. The van der Waals surface area contributed by atoms with Gasteiger partial charge < -0.3 is 10.6 Å². The molecule has 0 aromatic carbocycles. The third-order valence-corrected chi connectivity index (χ3v) is 2.10. The largest absolute Gasteiger partial charge is 0.369 e. The molecule has 2 amide bonds. The lowest BCUT2D eigenvalue weighted by molar-refractivity contribution is -0.134. The number of hydrogen-bond acceptors (Lipinski definition) is 2. The van der Waals surface area contributed by atoms with Crippen molar-refractivity contribution in [3.05, 3.63) is 0 Å². The Morgan fingerprint density at radius 3 is 2.62 bits per heavy atom. The van der Waals surface area contributed by atoms with Crippen molar-refractivity contribution in [3.8, 4) is 0 Å². The number of rotatable bonds is 2. The Bertz CT molecular complexity index is 240. The molecule has 1 atom stereocenters. The van der Waals surface area contributed by atoms with Gasteiger partial charge in [0.15, 0.2) is 0 Å². The van der Waals surface area contributed by atoms with Gasteiger partial charge in [0.05, 0.1) is 6.54 Å². The lowest BCUT2D eigenvalue weighted by atomic mass is 10.1. The molecule has 2 N–H and O–H groups in total. The van der Waals surface area contributed by atoms with Crippen molar-refractivity contribution >= 4 is 11.8 Å². The summed E-state index contributed by atoms with van der Waals surface area (Å²) in [4.78, 5) is 22.9. The first-order valence-corrected chi connectivity index (χ1v) is 4.16. The first-order chi connectivity index (χ1) is 5.91. The highest BCUT2D eigenvalue weighted by atomic mass is 19.1. The summed E-state index contributed by atoms with van der Waals surface area (Å²) in [7, 11) is 0. The standard InChI is InChI=1S/C8H13FN2O2/c1-8(9)2-3-11(5-8)7(13)4-6(10)12/h2-5H2,1H3,(H2,10,12). The number of likely N-dealkylation sites (tertiary alicyclic amines) is 1. The van der Waals surface area contributed by atoms with E-state index in [2.05, 4.69) is 0 Å². The summed E-state index contributed by atoms with van der Waals surface area (Å²) in [6.07, 6.45) is 0.00752. The van der Waals surface area contributed by atoms with Gasteiger partial charge in [-0.3, -0.25) is 9.59 Å². The van der Waals surface area contributed by atoms with Gasteiger partial charge >= 0.3 is 0 Å². The van der Waals surface area contributed by atoms with Gasteiger partial charge in [-0.25, -0.2) is 4.39 Å². The van der Waals surface area contributed by atoms with E-state index in [4.69, 9.17) is 5.73 Å². The summed E-state index contributed by atoms with van der Waals surface area (Å²) in [5, 5.41) is 0. The number of primary amides is 1. The molecule has 0 aromatic rings. The molecule has 0 bridgehead atoms. The molecule has 0 aromatic heterocycles. The molecular weight excluding hydrogens is 175 g/mol. The number of halogens is 1. The molecule has 1 fully saturated rings. The fraction of sp³-hybridized carbons (Fsp3) is 0.750. The smallest absolute Gasteiger partial charge is 0.232 e. The van der Waals surface area contributed by atoms with Crippen LogP contribution in [0.15, 0.2) is 0 Å². The van der Waals surface area contributed by atoms with Gasteiger partial charge in [-0.05, 0) is 6.92 Å². The molecule has 13 heavy (non-hydrogen) atoms. The Labute approximate surface area is 75.9 Å². The van der Waals surface area contributed by atoms with Crippen molar-refractivity contribution in [2.24, 2.45) is 5.73 Å². The average molecular weight is 188 g/mol. The van der Waals surface area contributed by atoms with E-state index in [0.29, 0.717) is 13.0 Å². The maximum Gasteiger partial charge on any atom is 0.232 e. The minimum atomic E-state index is -1.31. The number of carbonyl (C=O) groups excluding carboxylic acids is 2. The zero-order chi connectivity index (χ0) is 10.1. The SMILES string of the molecule is CC1(F)CCN(C(=O)CC(N)=O)C1. The quantitative estimate of drug-likeness (QED) is 0.611. The predicted octanol–water partition coefficient (Wildman–Crippen LogP) is -0.178. The van der Waals surface area contributed by atoms with Gasteiger partial charge in [0.1, 0.15) is 12.1 Å². The zero-order valence-electron chi connectivity index (χ0n) is 7.55. The van der Waals surface area contributed by atoms with E-state index in [1.54, 1.807) is 0 Å². The summed E-state index contributed by atoms with van der Waals surface area (Å²) in [6.45, 7) is 1.89. The van der Waals surface area contributed by atoms with Crippen LogP contribution < -0.4 is 5.73 Å². The van der Waals surface area contributed by atoms with E-state index >= 15 is 0 Å². The molecule has 0 radical (unpaired) electrons. The average Bonchev–Trinajstić information content (AvgIpc) is 2.28. The third-order valence-electron chi connectivity index (χ3n) is 2.10. The maximum absolute atomic E-state index is 13.2. The maximum atomic E-state index is 13.2. The van der Waals surface area contributed by atoms with E-state index in [-0.39, 0.29) is 18.9 Å². The van der Waals surface area contributed by atoms with Gasteiger partial charge in [0, 0.05) is 13.0 Å². The van der Waals surface area contributed by atoms with Crippen LogP contribution in [0, 0.1) is 0 Å². The summed E-state index contributed by atoms with van der Waals surface area (Å²) in [5.74, 6) is -1.05. The Hall–Kier alpha value is -1.13. The van der Waals surface area contributed by atoms with Crippen molar-refractivity contribution < 1.29 is 14.0 Å². The van der Waals surface area contributed by atoms with Crippen LogP contribution >= 0.6 is 0 Å². The molecule has 1 aliphatic rings. The summed E-state index contributed by atoms with van der Waals surface area (Å²) < 4.78 is 13.2. The first-order valence-electron chi connectivity index (χ1n) is 4.16. The molecule has 1 saturated heterocycles. The van der Waals surface area contributed by atoms with Gasteiger partial charge in [0.2, 0.25) is 11.8 Å². The molecule has 5 heteroatoms. The fourth-order valence-corrected chi connectivity index (χ4v) is 1.40. The predicted molar refractivity (Wildman–Crippen MR) is 44.5 cm³/mol. The van der Waals surface area contributed by atoms with Crippen LogP contribution in [0.3, 0.4) is 0 Å². The Morgan fingerprint density at radius 2 is 2.23 bits per heavy atom. The molecule has 0 spiro atoms. The summed E-state index contributed by atoms with van der Waals surface area (Å²) >= 11 is 0. The number of nitrogens with two attached hydrogens (primary N) is 1. The molecule has 4 nitrogen and oxygen atoms in total. The number of carbonyl (C=O) groups is 2. The third kappa shape index (κ3) is 2.68. The topological polar surface area (TPSA) is 63.4 Å². The summed E-state index contributed by atoms with van der Waals surface area (Å²) in [6, 6.07) is 0. The van der Waals surface area contributed by atoms with Gasteiger partial charge in [-0.2, -0.15) is 0 Å². The normalized spacial score (nSPS) is 27.7. The van der Waals surface area contributed by atoms with Crippen molar-refractivity contribution in [1.29, 1.82) is 0 Å². The molecule has 1 heterocycles. The second kappa shape index (κ2) is 3.32. The molecule has 1 aliphatic heterocycles. The second-order valence-electron chi connectivity index (χ2n) is 3.62. The monoisotopic (exact) mass is 188 g/mol. The highest BCUT2D eigenvalue weighted by Crippen LogP contribution is 2.24. The highest BCUT2D eigenvalue weighted by molar-refractivity contribution is 5.96. The van der Waals surface area contributed by atoms with Crippen molar-refractivity contribution in [3.63, 3.8) is 0 Å². The second-order valence-corrected chi connectivity index (χ2v) is 3.62. The van der Waals surface area contributed by atoms with Crippen molar-refractivity contribution in [1.82, 2.24) is 4.90 Å². The minimum Gasteiger partial charge on any atom is -0.369 e. The molecule has 74 valence electrons. The van der Waals surface area contributed by atoms with Crippen LogP contribution in [0.5, 0.6) is 0 Å². The molecule has 1 unspecified atom stereocenters. The molecule has 0 saturated carbocycles. The fourth-order valence-electron chi connectivity index (χ4n) is 1.40. The number of amides is 2. The van der Waals surface area contributed by atoms with Gasteiger partial charge in [0.25, 0.3) is 0 Å². The first kappa shape index (κ1) is 9.95. The summed E-state index contributed by atoms with van der Waals surface area (Å²) in [5.41, 5.74) is 3.54. The molecule has 0 aliphatic carbocycles. The van der Waals surface area contributed by atoms with E-state index in [9.17, 15) is 14.0 Å². The van der Waals surface area contributed by atoms with Crippen molar-refractivity contribution in [2.75, 3.05) is 13.1 Å².